The summed E-state index contributed by atoms with van der Waals surface area (Å²) >= 11 is 13.0. The predicted molar refractivity (Wildman–Crippen MR) is 148 cm³/mol. The summed E-state index contributed by atoms with van der Waals surface area (Å²) in [5, 5.41) is 0.782. The number of fused-ring (bicyclic) bond motifs is 2. The van der Waals surface area contributed by atoms with E-state index in [9.17, 15) is 22.4 Å². The number of carbonyl (C=O) groups excluding carboxylic acids is 1. The molecule has 1 aliphatic carbocycles. The van der Waals surface area contributed by atoms with Gasteiger partial charge in [0.1, 0.15) is 17.0 Å². The maximum atomic E-state index is 14.3. The lowest BCUT2D eigenvalue weighted by Crippen LogP contribution is -2.35. The minimum atomic E-state index is -3.93. The first-order valence-corrected chi connectivity index (χ1v) is 14.2. The minimum Gasteiger partial charge on any atom is -0.331 e. The third kappa shape index (κ3) is 4.48. The zero-order chi connectivity index (χ0) is 27.5. The monoisotopic (exact) mass is 584 g/mol. The molecular weight excluding hydrogens is 566 g/mol. The van der Waals surface area contributed by atoms with Crippen molar-refractivity contribution >= 4 is 60.9 Å². The molecule has 0 aliphatic heterocycles. The number of nitrogens with zero attached hydrogens (tertiary/aromatic N) is 2. The van der Waals surface area contributed by atoms with Crippen LogP contribution in [-0.2, 0) is 16.6 Å². The molecule has 1 amide bonds. The summed E-state index contributed by atoms with van der Waals surface area (Å²) in [6.07, 6.45) is 3.78. The van der Waals surface area contributed by atoms with Gasteiger partial charge in [0.25, 0.3) is 11.5 Å². The molecule has 5 aromatic rings. The van der Waals surface area contributed by atoms with Crippen molar-refractivity contribution in [3.63, 3.8) is 0 Å². The number of hydrogen-bond acceptors (Lipinski definition) is 5. The van der Waals surface area contributed by atoms with Crippen molar-refractivity contribution in [2.75, 3.05) is 0 Å². The van der Waals surface area contributed by atoms with Crippen LogP contribution in [0.15, 0.2) is 65.7 Å². The van der Waals surface area contributed by atoms with Gasteiger partial charge in [-0.05, 0) is 49.2 Å². The summed E-state index contributed by atoms with van der Waals surface area (Å²) in [6.45, 7) is -0.0343. The Hall–Kier alpha value is -3.73. The van der Waals surface area contributed by atoms with Gasteiger partial charge in [0.15, 0.2) is 0 Å². The number of halogens is 3. The average Bonchev–Trinajstić information content (AvgIpc) is 3.71. The van der Waals surface area contributed by atoms with Crippen LogP contribution in [0.3, 0.4) is 0 Å². The van der Waals surface area contributed by atoms with Crippen LogP contribution in [0.25, 0.3) is 32.9 Å². The van der Waals surface area contributed by atoms with E-state index in [1.54, 1.807) is 41.0 Å². The summed E-state index contributed by atoms with van der Waals surface area (Å²) in [5.74, 6) is -1.43. The molecule has 0 unspecified atom stereocenters. The highest BCUT2D eigenvalue weighted by atomic mass is 35.5. The number of rotatable bonds is 6. The van der Waals surface area contributed by atoms with Gasteiger partial charge in [0.2, 0.25) is 10.0 Å². The molecule has 0 spiro atoms. The molecule has 2 N–H and O–H groups in total. The molecule has 0 atom stereocenters. The maximum Gasteiger partial charge on any atom is 0.282 e. The van der Waals surface area contributed by atoms with Gasteiger partial charge in [-0.25, -0.2) is 17.5 Å². The number of nitrogens with one attached hydrogen (secondary N) is 2. The first-order chi connectivity index (χ1) is 18.7. The smallest absolute Gasteiger partial charge is 0.282 e. The predicted octanol–water partition coefficient (Wildman–Crippen LogP) is 5.26. The summed E-state index contributed by atoms with van der Waals surface area (Å²) in [6, 6.07) is 12.5. The number of hydrogen-bond donors (Lipinski definition) is 2. The van der Waals surface area contributed by atoms with Crippen molar-refractivity contribution < 1.29 is 17.6 Å². The minimum absolute atomic E-state index is 0.0343. The number of benzene rings is 2. The van der Waals surface area contributed by atoms with E-state index >= 15 is 0 Å². The Bertz CT molecular complexity index is 1980. The van der Waals surface area contributed by atoms with Crippen LogP contribution < -0.4 is 10.3 Å². The van der Waals surface area contributed by atoms with Gasteiger partial charge >= 0.3 is 0 Å². The number of para-hydroxylation sites is 1. The molecule has 1 fully saturated rings. The van der Waals surface area contributed by atoms with Crippen molar-refractivity contribution in [2.45, 2.75) is 24.6 Å². The molecule has 0 bridgehead atoms. The standard InChI is InChI=1S/C27H19Cl2FN4O4S/c28-15-6-9-21-19(11-15)22(17-4-2-10-31-26(17)35)25(27(36)33-39(37,38)16-7-8-16)34(21)13-14-12-32-24-18(23(14)29)3-1-5-20(24)30/h1-6,9-12,16H,7-8,13H2,(H,31,35)(H,33,36). The third-order valence-electron chi connectivity index (χ3n) is 6.71. The summed E-state index contributed by atoms with van der Waals surface area (Å²) in [5.41, 5.74) is 0.882. The zero-order valence-corrected chi connectivity index (χ0v) is 22.4. The molecule has 1 aliphatic rings. The molecule has 8 nitrogen and oxygen atoms in total. The van der Waals surface area contributed by atoms with E-state index in [0.29, 0.717) is 39.7 Å². The Balaban J connectivity index is 1.62. The molecule has 3 heterocycles. The van der Waals surface area contributed by atoms with Gasteiger partial charge < -0.3 is 9.55 Å². The Labute approximate surface area is 231 Å². The van der Waals surface area contributed by atoms with Crippen LogP contribution in [0.2, 0.25) is 10.0 Å². The van der Waals surface area contributed by atoms with Crippen LogP contribution in [0, 0.1) is 5.82 Å². The summed E-state index contributed by atoms with van der Waals surface area (Å²) < 4.78 is 43.6. The highest BCUT2D eigenvalue weighted by Gasteiger charge is 2.38. The molecule has 39 heavy (non-hydrogen) atoms. The highest BCUT2D eigenvalue weighted by molar-refractivity contribution is 7.91. The SMILES string of the molecule is O=C(NS(=O)(=O)C1CC1)c1c(-c2ccc[nH]c2=O)c2cc(Cl)ccc2n1Cc1cnc2c(F)cccc2c1Cl. The number of aromatic nitrogens is 3. The average molecular weight is 585 g/mol. The van der Waals surface area contributed by atoms with E-state index < -0.39 is 32.6 Å². The lowest BCUT2D eigenvalue weighted by molar-refractivity contribution is 0.0974. The van der Waals surface area contributed by atoms with Gasteiger partial charge in [0.05, 0.1) is 16.8 Å². The summed E-state index contributed by atoms with van der Waals surface area (Å²) in [4.78, 5) is 33.5. The Morgan fingerprint density at radius 1 is 1.13 bits per heavy atom. The van der Waals surface area contributed by atoms with Gasteiger partial charge in [-0.3, -0.25) is 14.6 Å². The third-order valence-corrected chi connectivity index (χ3v) is 9.21. The molecule has 12 heteroatoms. The van der Waals surface area contributed by atoms with Crippen molar-refractivity contribution in [1.29, 1.82) is 0 Å². The number of H-pyrrole nitrogens is 1. The number of carbonyl (C=O) groups is 1. The van der Waals surface area contributed by atoms with Crippen molar-refractivity contribution in [3.05, 3.63) is 98.4 Å². The van der Waals surface area contributed by atoms with Crippen LogP contribution in [-0.4, -0.2) is 34.1 Å². The fraction of sp³-hybridized carbons (Fsp3) is 0.148. The molecule has 6 rings (SSSR count). The van der Waals surface area contributed by atoms with E-state index in [1.165, 1.54) is 24.5 Å². The lowest BCUT2D eigenvalue weighted by Gasteiger charge is -2.14. The van der Waals surface area contributed by atoms with Crippen LogP contribution in [0.4, 0.5) is 4.39 Å². The van der Waals surface area contributed by atoms with E-state index in [1.807, 2.05) is 0 Å². The normalized spacial score (nSPS) is 13.7. The summed E-state index contributed by atoms with van der Waals surface area (Å²) in [7, 11) is -3.93. The Morgan fingerprint density at radius 2 is 1.92 bits per heavy atom. The largest absolute Gasteiger partial charge is 0.331 e. The van der Waals surface area contributed by atoms with E-state index in [-0.39, 0.29) is 33.9 Å². The molecule has 2 aromatic carbocycles. The molecule has 0 saturated heterocycles. The van der Waals surface area contributed by atoms with Crippen LogP contribution in [0.5, 0.6) is 0 Å². The first kappa shape index (κ1) is 25.5. The topological polar surface area (TPSA) is 114 Å². The van der Waals surface area contributed by atoms with Gasteiger partial charge in [-0.1, -0.05) is 35.3 Å². The number of sulfonamides is 1. The number of aromatic amines is 1. The number of pyridine rings is 2. The van der Waals surface area contributed by atoms with Gasteiger partial charge in [-0.15, -0.1) is 0 Å². The van der Waals surface area contributed by atoms with Crippen molar-refractivity contribution in [3.8, 4) is 11.1 Å². The Kier molecular flexibility index (Phi) is 6.21. The first-order valence-electron chi connectivity index (χ1n) is 11.9. The quantitative estimate of drug-likeness (QED) is 0.282. The van der Waals surface area contributed by atoms with Crippen LogP contribution >= 0.6 is 23.2 Å². The van der Waals surface area contributed by atoms with Crippen molar-refractivity contribution in [1.82, 2.24) is 19.3 Å². The highest BCUT2D eigenvalue weighted by Crippen LogP contribution is 2.37. The molecule has 198 valence electrons. The molecule has 3 aromatic heterocycles. The van der Waals surface area contributed by atoms with Gasteiger partial charge in [-0.2, -0.15) is 0 Å². The van der Waals surface area contributed by atoms with E-state index in [4.69, 9.17) is 23.2 Å². The maximum absolute atomic E-state index is 14.3. The second-order valence-corrected chi connectivity index (χ2v) is 12.1. The van der Waals surface area contributed by atoms with Crippen molar-refractivity contribution in [2.24, 2.45) is 0 Å². The number of amides is 1. The lowest BCUT2D eigenvalue weighted by atomic mass is 10.0. The molecular formula is C27H19Cl2FN4O4S. The fourth-order valence-electron chi connectivity index (χ4n) is 4.73. The molecule has 1 saturated carbocycles. The Morgan fingerprint density at radius 3 is 2.67 bits per heavy atom. The van der Waals surface area contributed by atoms with E-state index in [2.05, 4.69) is 14.7 Å². The second-order valence-electron chi connectivity index (χ2n) is 9.29. The van der Waals surface area contributed by atoms with Crippen LogP contribution in [0.1, 0.15) is 28.9 Å². The van der Waals surface area contributed by atoms with E-state index in [0.717, 1.165) is 0 Å². The van der Waals surface area contributed by atoms with Gasteiger partial charge in [0, 0.05) is 50.4 Å². The zero-order valence-electron chi connectivity index (χ0n) is 20.0. The second kappa shape index (κ2) is 9.48. The molecule has 0 radical (unpaired) electrons. The fourth-order valence-corrected chi connectivity index (χ4v) is 6.45.